The Labute approximate surface area is 83.3 Å². The van der Waals surface area contributed by atoms with Crippen LogP contribution in [0.3, 0.4) is 0 Å². The number of hydroxylamine groups is 2. The number of alkyl halides is 1. The normalized spacial score (nSPS) is 23.0. The number of halogens is 1. The Bertz CT molecular complexity index is 136. The molecule has 12 heavy (non-hydrogen) atoms. The zero-order chi connectivity index (χ0) is 9.19. The first-order valence-corrected chi connectivity index (χ1v) is 5.47. The average Bonchev–Trinajstić information content (AvgIpc) is 1.91. The first kappa shape index (κ1) is 10.5. The van der Waals surface area contributed by atoms with E-state index in [-0.39, 0.29) is 5.60 Å². The molecular weight excluding hydrogens is 218 g/mol. The van der Waals surface area contributed by atoms with E-state index in [4.69, 9.17) is 4.84 Å². The zero-order valence-electron chi connectivity index (χ0n) is 8.14. The molecule has 0 N–H and O–H groups in total. The Morgan fingerprint density at radius 1 is 1.25 bits per heavy atom. The average molecular weight is 236 g/mol. The van der Waals surface area contributed by atoms with Crippen molar-refractivity contribution in [2.24, 2.45) is 0 Å². The van der Waals surface area contributed by atoms with Gasteiger partial charge >= 0.3 is 0 Å². The molecule has 0 bridgehead atoms. The summed E-state index contributed by atoms with van der Waals surface area (Å²) in [6.07, 6.45) is 2.38. The van der Waals surface area contributed by atoms with Gasteiger partial charge in [0.25, 0.3) is 0 Å². The van der Waals surface area contributed by atoms with Gasteiger partial charge in [-0.3, -0.25) is 4.84 Å². The van der Waals surface area contributed by atoms with Gasteiger partial charge in [-0.15, -0.1) is 0 Å². The highest BCUT2D eigenvalue weighted by Crippen LogP contribution is 2.20. The summed E-state index contributed by atoms with van der Waals surface area (Å²) in [5.74, 6) is 0. The van der Waals surface area contributed by atoms with E-state index in [0.717, 1.165) is 13.1 Å². The van der Waals surface area contributed by atoms with Crippen molar-refractivity contribution in [2.45, 2.75) is 44.0 Å². The van der Waals surface area contributed by atoms with E-state index in [1.807, 2.05) is 0 Å². The van der Waals surface area contributed by atoms with Crippen molar-refractivity contribution in [1.29, 1.82) is 0 Å². The second kappa shape index (κ2) is 4.07. The molecule has 1 aliphatic rings. The molecule has 0 aromatic heterocycles. The molecule has 0 unspecified atom stereocenters. The predicted molar refractivity (Wildman–Crippen MR) is 54.4 cm³/mol. The highest BCUT2D eigenvalue weighted by atomic mass is 79.9. The summed E-state index contributed by atoms with van der Waals surface area (Å²) < 4.78 is 0. The molecule has 1 rings (SSSR count). The van der Waals surface area contributed by atoms with Crippen molar-refractivity contribution >= 4 is 15.9 Å². The van der Waals surface area contributed by atoms with E-state index < -0.39 is 0 Å². The van der Waals surface area contributed by atoms with Crippen LogP contribution in [0.1, 0.15) is 33.6 Å². The van der Waals surface area contributed by atoms with Crippen LogP contribution in [0.25, 0.3) is 0 Å². The van der Waals surface area contributed by atoms with E-state index in [1.165, 1.54) is 12.8 Å². The molecule has 72 valence electrons. The van der Waals surface area contributed by atoms with E-state index in [9.17, 15) is 0 Å². The molecule has 2 nitrogen and oxygen atoms in total. The SMILES string of the molecule is CC(C)(C)ON1CCC(Br)CC1. The molecule has 3 heteroatoms. The maximum absolute atomic E-state index is 5.74. The van der Waals surface area contributed by atoms with Crippen molar-refractivity contribution in [2.75, 3.05) is 13.1 Å². The van der Waals surface area contributed by atoms with E-state index in [2.05, 4.69) is 41.8 Å². The summed E-state index contributed by atoms with van der Waals surface area (Å²) in [5, 5.41) is 2.08. The minimum atomic E-state index is -0.0425. The third-order valence-electron chi connectivity index (χ3n) is 1.79. The quantitative estimate of drug-likeness (QED) is 0.649. The molecule has 0 aromatic rings. The smallest absolute Gasteiger partial charge is 0.0815 e. The van der Waals surface area contributed by atoms with Gasteiger partial charge in [0.15, 0.2) is 0 Å². The number of hydrogen-bond acceptors (Lipinski definition) is 2. The highest BCUT2D eigenvalue weighted by Gasteiger charge is 2.21. The van der Waals surface area contributed by atoms with Gasteiger partial charge in [-0.1, -0.05) is 15.9 Å². The van der Waals surface area contributed by atoms with Crippen molar-refractivity contribution in [3.05, 3.63) is 0 Å². The molecule has 1 fully saturated rings. The molecule has 0 amide bonds. The van der Waals surface area contributed by atoms with Gasteiger partial charge in [-0.05, 0) is 33.6 Å². The third-order valence-corrected chi connectivity index (χ3v) is 2.70. The molecule has 0 aliphatic carbocycles. The maximum atomic E-state index is 5.74. The van der Waals surface area contributed by atoms with Crippen LogP contribution in [-0.4, -0.2) is 28.6 Å². The molecule has 1 heterocycles. The number of hydrogen-bond donors (Lipinski definition) is 0. The van der Waals surface area contributed by atoms with Crippen LogP contribution in [0.15, 0.2) is 0 Å². The molecule has 0 aromatic carbocycles. The first-order valence-electron chi connectivity index (χ1n) is 4.55. The van der Waals surface area contributed by atoms with E-state index in [1.54, 1.807) is 0 Å². The minimum absolute atomic E-state index is 0.0425. The van der Waals surface area contributed by atoms with Crippen molar-refractivity contribution < 1.29 is 4.84 Å². The Morgan fingerprint density at radius 2 is 1.75 bits per heavy atom. The number of piperidine rings is 1. The second-order valence-electron chi connectivity index (χ2n) is 4.31. The molecule has 0 spiro atoms. The Morgan fingerprint density at radius 3 is 2.17 bits per heavy atom. The van der Waals surface area contributed by atoms with Crippen LogP contribution in [0.4, 0.5) is 0 Å². The lowest BCUT2D eigenvalue weighted by atomic mass is 10.1. The third kappa shape index (κ3) is 3.87. The molecule has 0 radical (unpaired) electrons. The van der Waals surface area contributed by atoms with Crippen LogP contribution in [-0.2, 0) is 4.84 Å². The van der Waals surface area contributed by atoms with Gasteiger partial charge in [-0.25, -0.2) is 0 Å². The number of nitrogens with zero attached hydrogens (tertiary/aromatic N) is 1. The second-order valence-corrected chi connectivity index (χ2v) is 5.60. The Kier molecular flexibility index (Phi) is 3.56. The number of rotatable bonds is 1. The van der Waals surface area contributed by atoms with E-state index in [0.29, 0.717) is 4.83 Å². The predicted octanol–water partition coefficient (Wildman–Crippen LogP) is 2.58. The lowest BCUT2D eigenvalue weighted by molar-refractivity contribution is -0.234. The zero-order valence-corrected chi connectivity index (χ0v) is 9.73. The molecule has 0 atom stereocenters. The lowest BCUT2D eigenvalue weighted by Gasteiger charge is -2.33. The molecule has 1 saturated heterocycles. The topological polar surface area (TPSA) is 12.5 Å². The van der Waals surface area contributed by atoms with Crippen LogP contribution in [0, 0.1) is 0 Å². The van der Waals surface area contributed by atoms with Gasteiger partial charge in [0.05, 0.1) is 5.60 Å². The van der Waals surface area contributed by atoms with Crippen LogP contribution in [0.5, 0.6) is 0 Å². The van der Waals surface area contributed by atoms with Crippen molar-refractivity contribution in [3.8, 4) is 0 Å². The van der Waals surface area contributed by atoms with E-state index >= 15 is 0 Å². The minimum Gasteiger partial charge on any atom is -0.293 e. The molecular formula is C9H18BrNO. The fraction of sp³-hybridized carbons (Fsp3) is 1.00. The highest BCUT2D eigenvalue weighted by molar-refractivity contribution is 9.09. The van der Waals surface area contributed by atoms with Gasteiger partial charge in [0, 0.05) is 17.9 Å². The largest absolute Gasteiger partial charge is 0.293 e. The Balaban J connectivity index is 2.26. The van der Waals surface area contributed by atoms with Crippen molar-refractivity contribution in [1.82, 2.24) is 5.06 Å². The molecule has 1 aliphatic heterocycles. The first-order chi connectivity index (χ1) is 5.47. The van der Waals surface area contributed by atoms with Crippen molar-refractivity contribution in [3.63, 3.8) is 0 Å². The van der Waals surface area contributed by atoms with Gasteiger partial charge < -0.3 is 0 Å². The molecule has 0 saturated carbocycles. The summed E-state index contributed by atoms with van der Waals surface area (Å²) in [6.45, 7) is 8.37. The summed E-state index contributed by atoms with van der Waals surface area (Å²) >= 11 is 3.61. The summed E-state index contributed by atoms with van der Waals surface area (Å²) in [4.78, 5) is 6.43. The lowest BCUT2D eigenvalue weighted by Crippen LogP contribution is -2.39. The fourth-order valence-corrected chi connectivity index (χ4v) is 1.71. The summed E-state index contributed by atoms with van der Waals surface area (Å²) in [5.41, 5.74) is -0.0425. The van der Waals surface area contributed by atoms with Gasteiger partial charge in [0.2, 0.25) is 0 Å². The van der Waals surface area contributed by atoms with Crippen LogP contribution < -0.4 is 0 Å². The Hall–Kier alpha value is 0.400. The van der Waals surface area contributed by atoms with Gasteiger partial charge in [0.1, 0.15) is 0 Å². The van der Waals surface area contributed by atoms with Crippen LogP contribution >= 0.6 is 15.9 Å². The van der Waals surface area contributed by atoms with Gasteiger partial charge in [-0.2, -0.15) is 5.06 Å². The fourth-order valence-electron chi connectivity index (χ4n) is 1.30. The maximum Gasteiger partial charge on any atom is 0.0815 e. The van der Waals surface area contributed by atoms with Crippen LogP contribution in [0.2, 0.25) is 0 Å². The summed E-state index contributed by atoms with van der Waals surface area (Å²) in [6, 6.07) is 0. The summed E-state index contributed by atoms with van der Waals surface area (Å²) in [7, 11) is 0. The standard InChI is InChI=1S/C9H18BrNO/c1-9(2,3)12-11-6-4-8(10)5-7-11/h8H,4-7H2,1-3H3. The monoisotopic (exact) mass is 235 g/mol.